The highest BCUT2D eigenvalue weighted by Crippen LogP contribution is 2.22. The molecule has 132 valence electrons. The molecule has 1 N–H and O–H groups in total. The van der Waals surface area contributed by atoms with Gasteiger partial charge in [0.2, 0.25) is 0 Å². The number of hydrogen-bond acceptors (Lipinski definition) is 0. The van der Waals surface area contributed by atoms with E-state index in [1.54, 1.807) is 0 Å². The molecule has 0 saturated heterocycles. The minimum atomic E-state index is 0.679. The third-order valence-corrected chi connectivity index (χ3v) is 5.04. The smallest absolute Gasteiger partial charge is 0.247 e. The van der Waals surface area contributed by atoms with E-state index in [0.29, 0.717) is 5.92 Å². The molecule has 0 aliphatic heterocycles. The molecule has 0 radical (unpaired) electrons. The lowest BCUT2D eigenvalue weighted by Gasteiger charge is -2.12. The number of imidazole rings is 1. The Morgan fingerprint density at radius 2 is 1.75 bits per heavy atom. The Bertz CT molecular complexity index is 544. The summed E-state index contributed by atoms with van der Waals surface area (Å²) in [6.45, 7) is 5.72. The number of benzene rings is 1. The number of unbranched alkanes of at least 4 members (excludes halogenated alkanes) is 4. The molecule has 0 spiro atoms. The second-order valence-electron chi connectivity index (χ2n) is 6.94. The van der Waals surface area contributed by atoms with Crippen molar-refractivity contribution in [2.45, 2.75) is 84.1 Å². The standard InChI is InChI=1S/C22H34N2/c1-3-5-6-7-11-16-21(4-2)22-23-17-19-24(22)18-12-15-20-13-9-8-10-14-20/h8-10,13-14,17,19,21H,3-7,11-12,15-16,18H2,1-2H3/p+1/t21-/m0/s1. The Kier molecular flexibility index (Phi) is 8.65. The largest absolute Gasteiger partial charge is 0.257 e. The molecule has 24 heavy (non-hydrogen) atoms. The van der Waals surface area contributed by atoms with Crippen molar-refractivity contribution in [3.8, 4) is 0 Å². The molecule has 0 fully saturated rings. The van der Waals surface area contributed by atoms with Gasteiger partial charge in [-0.1, -0.05) is 76.3 Å². The normalized spacial score (nSPS) is 12.4. The number of nitrogens with zero attached hydrogens (tertiary/aromatic N) is 1. The fourth-order valence-electron chi connectivity index (χ4n) is 3.55. The summed E-state index contributed by atoms with van der Waals surface area (Å²) in [4.78, 5) is 3.52. The summed E-state index contributed by atoms with van der Waals surface area (Å²) in [7, 11) is 0. The van der Waals surface area contributed by atoms with Gasteiger partial charge in [0, 0.05) is 0 Å². The number of hydrogen-bond donors (Lipinski definition) is 1. The Balaban J connectivity index is 1.81. The molecule has 1 aromatic carbocycles. The first kappa shape index (κ1) is 18.8. The maximum absolute atomic E-state index is 3.52. The van der Waals surface area contributed by atoms with Gasteiger partial charge >= 0.3 is 0 Å². The second-order valence-corrected chi connectivity index (χ2v) is 6.94. The number of aryl methyl sites for hydroxylation is 2. The van der Waals surface area contributed by atoms with E-state index in [0.717, 1.165) is 13.0 Å². The van der Waals surface area contributed by atoms with Crippen LogP contribution in [0.4, 0.5) is 0 Å². The second kappa shape index (κ2) is 11.1. The van der Waals surface area contributed by atoms with Crippen LogP contribution in [0.15, 0.2) is 42.7 Å². The highest BCUT2D eigenvalue weighted by molar-refractivity contribution is 5.14. The average Bonchev–Trinajstić information content (AvgIpc) is 3.07. The van der Waals surface area contributed by atoms with Gasteiger partial charge in [-0.05, 0) is 31.2 Å². The molecule has 0 saturated carbocycles. The van der Waals surface area contributed by atoms with Gasteiger partial charge in [0.1, 0.15) is 12.4 Å². The van der Waals surface area contributed by atoms with Crippen molar-refractivity contribution in [1.29, 1.82) is 0 Å². The summed E-state index contributed by atoms with van der Waals surface area (Å²) in [5, 5.41) is 0. The van der Waals surface area contributed by atoms with Crippen molar-refractivity contribution in [3.63, 3.8) is 0 Å². The maximum Gasteiger partial charge on any atom is 0.257 e. The van der Waals surface area contributed by atoms with Gasteiger partial charge < -0.3 is 0 Å². The molecule has 0 unspecified atom stereocenters. The predicted molar refractivity (Wildman–Crippen MR) is 102 cm³/mol. The topological polar surface area (TPSA) is 19.7 Å². The van der Waals surface area contributed by atoms with Crippen LogP contribution >= 0.6 is 0 Å². The van der Waals surface area contributed by atoms with Gasteiger partial charge in [-0.3, -0.25) is 0 Å². The van der Waals surface area contributed by atoms with Gasteiger partial charge in [0.05, 0.1) is 12.5 Å². The lowest BCUT2D eigenvalue weighted by molar-refractivity contribution is -0.704. The van der Waals surface area contributed by atoms with E-state index < -0.39 is 0 Å². The zero-order valence-corrected chi connectivity index (χ0v) is 15.6. The van der Waals surface area contributed by atoms with E-state index in [9.17, 15) is 0 Å². The van der Waals surface area contributed by atoms with Crippen LogP contribution in [0.25, 0.3) is 0 Å². The fourth-order valence-corrected chi connectivity index (χ4v) is 3.55. The third kappa shape index (κ3) is 6.14. The van der Waals surface area contributed by atoms with Crippen molar-refractivity contribution in [3.05, 3.63) is 54.1 Å². The van der Waals surface area contributed by atoms with E-state index in [-0.39, 0.29) is 0 Å². The van der Waals surface area contributed by atoms with E-state index >= 15 is 0 Å². The molecular formula is C22H35N2+. The Morgan fingerprint density at radius 3 is 2.50 bits per heavy atom. The molecule has 2 nitrogen and oxygen atoms in total. The first-order valence-electron chi connectivity index (χ1n) is 9.95. The SMILES string of the molecule is CCCCCCC[C@H](CC)c1[nH]cc[n+]1CCCc1ccccc1. The van der Waals surface area contributed by atoms with Crippen LogP contribution in [0.3, 0.4) is 0 Å². The van der Waals surface area contributed by atoms with Crippen molar-refractivity contribution < 1.29 is 4.57 Å². The lowest BCUT2D eigenvalue weighted by Crippen LogP contribution is -2.37. The average molecular weight is 328 g/mol. The number of H-pyrrole nitrogens is 1. The Morgan fingerprint density at radius 1 is 0.958 bits per heavy atom. The minimum absolute atomic E-state index is 0.679. The summed E-state index contributed by atoms with van der Waals surface area (Å²) < 4.78 is 2.45. The highest BCUT2D eigenvalue weighted by Gasteiger charge is 2.20. The number of nitrogens with one attached hydrogen (secondary N) is 1. The molecule has 2 heteroatoms. The lowest BCUT2D eigenvalue weighted by atomic mass is 9.97. The zero-order valence-electron chi connectivity index (χ0n) is 15.6. The molecule has 1 heterocycles. The zero-order chi connectivity index (χ0) is 17.0. The van der Waals surface area contributed by atoms with Crippen molar-refractivity contribution in [1.82, 2.24) is 4.98 Å². The van der Waals surface area contributed by atoms with E-state index in [2.05, 4.69) is 66.1 Å². The van der Waals surface area contributed by atoms with E-state index in [1.807, 2.05) is 0 Å². The molecule has 0 amide bonds. The van der Waals surface area contributed by atoms with Crippen molar-refractivity contribution in [2.24, 2.45) is 0 Å². The van der Waals surface area contributed by atoms with Gasteiger partial charge in [0.25, 0.3) is 5.82 Å². The van der Waals surface area contributed by atoms with Crippen LogP contribution < -0.4 is 4.57 Å². The molecule has 0 aliphatic carbocycles. The van der Waals surface area contributed by atoms with E-state index in [4.69, 9.17) is 0 Å². The van der Waals surface area contributed by atoms with Gasteiger partial charge in [0.15, 0.2) is 0 Å². The van der Waals surface area contributed by atoms with E-state index in [1.165, 1.54) is 62.8 Å². The molecule has 2 aromatic rings. The number of aromatic nitrogens is 2. The molecule has 0 aliphatic rings. The molecule has 1 aromatic heterocycles. The summed E-state index contributed by atoms with van der Waals surface area (Å²) >= 11 is 0. The Hall–Kier alpha value is -1.57. The maximum atomic E-state index is 3.52. The van der Waals surface area contributed by atoms with Gasteiger partial charge in [-0.15, -0.1) is 0 Å². The Labute approximate surface area is 148 Å². The van der Waals surface area contributed by atoms with Crippen LogP contribution in [0.1, 0.15) is 82.5 Å². The molecular weight excluding hydrogens is 292 g/mol. The number of rotatable bonds is 12. The molecule has 2 rings (SSSR count). The van der Waals surface area contributed by atoms with Crippen molar-refractivity contribution >= 4 is 0 Å². The predicted octanol–water partition coefficient (Wildman–Crippen LogP) is 5.79. The number of aromatic amines is 1. The summed E-state index contributed by atoms with van der Waals surface area (Å²) in [5.41, 5.74) is 1.44. The monoisotopic (exact) mass is 327 g/mol. The van der Waals surface area contributed by atoms with Gasteiger partial charge in [-0.2, -0.15) is 0 Å². The quantitative estimate of drug-likeness (QED) is 0.376. The highest BCUT2D eigenvalue weighted by atomic mass is 15.1. The van der Waals surface area contributed by atoms with Crippen molar-refractivity contribution in [2.75, 3.05) is 0 Å². The fraction of sp³-hybridized carbons (Fsp3) is 0.591. The third-order valence-electron chi connectivity index (χ3n) is 5.04. The first-order valence-corrected chi connectivity index (χ1v) is 9.95. The minimum Gasteiger partial charge on any atom is -0.247 e. The molecule has 1 atom stereocenters. The van der Waals surface area contributed by atoms with Crippen LogP contribution in [-0.2, 0) is 13.0 Å². The summed E-state index contributed by atoms with van der Waals surface area (Å²) in [5.74, 6) is 2.11. The molecule has 0 bridgehead atoms. The van der Waals surface area contributed by atoms with Crippen LogP contribution in [0, 0.1) is 0 Å². The summed E-state index contributed by atoms with van der Waals surface area (Å²) in [6.07, 6.45) is 16.1. The van der Waals surface area contributed by atoms with Crippen LogP contribution in [0.2, 0.25) is 0 Å². The van der Waals surface area contributed by atoms with Crippen LogP contribution in [0.5, 0.6) is 0 Å². The van der Waals surface area contributed by atoms with Gasteiger partial charge in [-0.25, -0.2) is 9.55 Å². The summed E-state index contributed by atoms with van der Waals surface area (Å²) in [6, 6.07) is 10.8. The first-order chi connectivity index (χ1) is 11.8. The van der Waals surface area contributed by atoms with Crippen LogP contribution in [-0.4, -0.2) is 4.98 Å².